The van der Waals surface area contributed by atoms with Gasteiger partial charge < -0.3 is 15.0 Å². The smallest absolute Gasteiger partial charge is 0.262 e. The van der Waals surface area contributed by atoms with Crippen LogP contribution in [0.3, 0.4) is 0 Å². The summed E-state index contributed by atoms with van der Waals surface area (Å²) < 4.78 is 27.8. The number of carbonyl (C=O) groups is 1. The van der Waals surface area contributed by atoms with Crippen molar-refractivity contribution in [3.63, 3.8) is 0 Å². The summed E-state index contributed by atoms with van der Waals surface area (Å²) in [5.74, 6) is -0.236. The normalized spacial score (nSPS) is 24.5. The number of hydrogen-bond acceptors (Lipinski definition) is 5. The number of carbonyl (C=O) groups excluding carboxylic acids is 1. The molecule has 2 N–H and O–H groups in total. The van der Waals surface area contributed by atoms with Crippen molar-refractivity contribution in [1.29, 1.82) is 0 Å². The molecule has 0 spiro atoms. The second-order valence-electron chi connectivity index (χ2n) is 5.23. The van der Waals surface area contributed by atoms with E-state index in [4.69, 9.17) is 0 Å². The van der Waals surface area contributed by atoms with Crippen molar-refractivity contribution < 1.29 is 18.3 Å². The van der Waals surface area contributed by atoms with Gasteiger partial charge in [-0.05, 0) is 12.8 Å². The predicted octanol–water partition coefficient (Wildman–Crippen LogP) is -0.930. The Hall–Kier alpha value is -1.45. The van der Waals surface area contributed by atoms with E-state index >= 15 is 0 Å². The molecule has 1 saturated heterocycles. The van der Waals surface area contributed by atoms with Gasteiger partial charge in [-0.3, -0.25) is 4.79 Å². The Morgan fingerprint density at radius 1 is 1.43 bits per heavy atom. The summed E-state index contributed by atoms with van der Waals surface area (Å²) in [7, 11) is -1.96. The second-order valence-corrected chi connectivity index (χ2v) is 7.12. The van der Waals surface area contributed by atoms with Gasteiger partial charge in [0.2, 0.25) is 5.91 Å². The lowest BCUT2D eigenvalue weighted by Gasteiger charge is -2.20. The molecular formula is C12H20N4O4S. The highest BCUT2D eigenvalue weighted by atomic mass is 32.2. The Balaban J connectivity index is 2.14. The number of aliphatic hydroxyl groups excluding tert-OH is 1. The molecule has 118 valence electrons. The lowest BCUT2D eigenvalue weighted by molar-refractivity contribution is -0.120. The van der Waals surface area contributed by atoms with Gasteiger partial charge in [-0.25, -0.2) is 13.4 Å². The lowest BCUT2D eigenvalue weighted by atomic mass is 10.1. The molecule has 0 radical (unpaired) electrons. The first kappa shape index (κ1) is 15.9. The fourth-order valence-corrected chi connectivity index (χ4v) is 3.82. The Morgan fingerprint density at radius 3 is 2.67 bits per heavy atom. The molecular weight excluding hydrogens is 296 g/mol. The first-order chi connectivity index (χ1) is 9.80. The maximum atomic E-state index is 12.5. The van der Waals surface area contributed by atoms with E-state index in [0.29, 0.717) is 6.42 Å². The Kier molecular flexibility index (Phi) is 4.64. The fraction of sp³-hybridized carbons (Fsp3) is 0.667. The number of aromatic nitrogens is 2. The molecule has 0 aliphatic carbocycles. The molecule has 2 rings (SSSR count). The summed E-state index contributed by atoms with van der Waals surface area (Å²) in [6.07, 6.45) is 2.77. The molecule has 9 heteroatoms. The summed E-state index contributed by atoms with van der Waals surface area (Å²) in [6, 6.07) is -0.425. The van der Waals surface area contributed by atoms with Crippen LogP contribution in [-0.2, 0) is 21.9 Å². The van der Waals surface area contributed by atoms with Crippen molar-refractivity contribution in [2.24, 2.45) is 7.05 Å². The molecule has 1 aromatic rings. The van der Waals surface area contributed by atoms with E-state index in [1.54, 1.807) is 11.6 Å². The number of imidazole rings is 1. The number of sulfonamides is 1. The highest BCUT2D eigenvalue weighted by molar-refractivity contribution is 7.89. The highest BCUT2D eigenvalue weighted by Crippen LogP contribution is 2.19. The highest BCUT2D eigenvalue weighted by Gasteiger charge is 2.32. The molecule has 1 aromatic heterocycles. The lowest BCUT2D eigenvalue weighted by Crippen LogP contribution is -2.42. The monoisotopic (exact) mass is 316 g/mol. The third kappa shape index (κ3) is 3.60. The van der Waals surface area contributed by atoms with Gasteiger partial charge in [-0.1, -0.05) is 0 Å². The van der Waals surface area contributed by atoms with Gasteiger partial charge in [0.05, 0.1) is 18.5 Å². The molecule has 0 unspecified atom stereocenters. The van der Waals surface area contributed by atoms with Crippen LogP contribution in [0.25, 0.3) is 0 Å². The van der Waals surface area contributed by atoms with Gasteiger partial charge in [0, 0.05) is 33.3 Å². The first-order valence-corrected chi connectivity index (χ1v) is 8.18. The molecule has 1 amide bonds. The molecule has 0 aromatic carbocycles. The van der Waals surface area contributed by atoms with Crippen LogP contribution >= 0.6 is 0 Å². The van der Waals surface area contributed by atoms with Crippen molar-refractivity contribution in [3.05, 3.63) is 12.5 Å². The van der Waals surface area contributed by atoms with Crippen LogP contribution in [0.2, 0.25) is 0 Å². The Bertz CT molecular complexity index is 613. The molecule has 2 heterocycles. The SMILES string of the molecule is CC(=O)N[C@H]1CCN(S(=O)(=O)c2cn(C)cn2)CC[C@@H]1O. The van der Waals surface area contributed by atoms with Crippen LogP contribution in [-0.4, -0.2) is 58.5 Å². The zero-order valence-corrected chi connectivity index (χ0v) is 12.9. The van der Waals surface area contributed by atoms with Gasteiger partial charge in [0.15, 0.2) is 5.03 Å². The number of nitrogens with zero attached hydrogens (tertiary/aromatic N) is 3. The minimum absolute atomic E-state index is 0.00235. The summed E-state index contributed by atoms with van der Waals surface area (Å²) in [6.45, 7) is 1.82. The molecule has 1 aliphatic rings. The van der Waals surface area contributed by atoms with Crippen molar-refractivity contribution >= 4 is 15.9 Å². The van der Waals surface area contributed by atoms with Crippen molar-refractivity contribution in [2.45, 2.75) is 36.9 Å². The zero-order valence-electron chi connectivity index (χ0n) is 12.1. The van der Waals surface area contributed by atoms with Gasteiger partial charge in [-0.2, -0.15) is 4.31 Å². The molecule has 2 atom stereocenters. The zero-order chi connectivity index (χ0) is 15.6. The molecule has 1 fully saturated rings. The summed E-state index contributed by atoms with van der Waals surface area (Å²) in [5, 5.41) is 12.7. The van der Waals surface area contributed by atoms with Crippen LogP contribution < -0.4 is 5.32 Å². The third-order valence-corrected chi connectivity index (χ3v) is 5.29. The van der Waals surface area contributed by atoms with Crippen molar-refractivity contribution in [1.82, 2.24) is 19.2 Å². The number of aryl methyl sites for hydroxylation is 1. The minimum atomic E-state index is -3.66. The summed E-state index contributed by atoms with van der Waals surface area (Å²) in [4.78, 5) is 15.0. The molecule has 1 aliphatic heterocycles. The number of rotatable bonds is 3. The number of amides is 1. The van der Waals surface area contributed by atoms with Gasteiger partial charge in [0.25, 0.3) is 10.0 Å². The van der Waals surface area contributed by atoms with E-state index in [-0.39, 0.29) is 30.4 Å². The molecule has 0 saturated carbocycles. The largest absolute Gasteiger partial charge is 0.391 e. The Labute approximate surface area is 123 Å². The van der Waals surface area contributed by atoms with E-state index in [2.05, 4.69) is 10.3 Å². The average Bonchev–Trinajstić information content (AvgIpc) is 2.75. The minimum Gasteiger partial charge on any atom is -0.391 e. The summed E-state index contributed by atoms with van der Waals surface area (Å²) >= 11 is 0. The maximum Gasteiger partial charge on any atom is 0.262 e. The van der Waals surface area contributed by atoms with E-state index < -0.39 is 22.2 Å². The maximum absolute atomic E-state index is 12.5. The van der Waals surface area contributed by atoms with Crippen LogP contribution in [0.4, 0.5) is 0 Å². The van der Waals surface area contributed by atoms with E-state index in [9.17, 15) is 18.3 Å². The second kappa shape index (κ2) is 6.12. The van der Waals surface area contributed by atoms with E-state index in [0.717, 1.165) is 0 Å². The quantitative estimate of drug-likeness (QED) is 0.750. The molecule has 8 nitrogen and oxygen atoms in total. The Morgan fingerprint density at radius 2 is 2.10 bits per heavy atom. The third-order valence-electron chi connectivity index (χ3n) is 3.50. The van der Waals surface area contributed by atoms with Crippen LogP contribution in [0.5, 0.6) is 0 Å². The predicted molar refractivity (Wildman–Crippen MR) is 74.8 cm³/mol. The van der Waals surface area contributed by atoms with Crippen LogP contribution in [0.1, 0.15) is 19.8 Å². The average molecular weight is 316 g/mol. The van der Waals surface area contributed by atoms with Crippen LogP contribution in [0.15, 0.2) is 17.6 Å². The van der Waals surface area contributed by atoms with E-state index in [1.165, 1.54) is 23.8 Å². The molecule has 0 bridgehead atoms. The number of nitrogens with one attached hydrogen (secondary N) is 1. The molecule has 21 heavy (non-hydrogen) atoms. The van der Waals surface area contributed by atoms with Gasteiger partial charge in [0.1, 0.15) is 0 Å². The van der Waals surface area contributed by atoms with Crippen molar-refractivity contribution in [2.75, 3.05) is 13.1 Å². The first-order valence-electron chi connectivity index (χ1n) is 6.74. The van der Waals surface area contributed by atoms with Gasteiger partial charge in [-0.15, -0.1) is 0 Å². The standard InChI is InChI=1S/C12H20N4O4S/c1-9(17)14-10-3-5-16(6-4-11(10)18)21(19,20)12-7-15(2)8-13-12/h7-8,10-11,18H,3-6H2,1-2H3,(H,14,17)/t10-,11-/m0/s1. The van der Waals surface area contributed by atoms with Crippen LogP contribution in [0, 0.1) is 0 Å². The van der Waals surface area contributed by atoms with E-state index in [1.807, 2.05) is 0 Å². The van der Waals surface area contributed by atoms with Crippen molar-refractivity contribution in [3.8, 4) is 0 Å². The number of hydrogen-bond donors (Lipinski definition) is 2. The topological polar surface area (TPSA) is 105 Å². The number of aliphatic hydroxyl groups is 1. The summed E-state index contributed by atoms with van der Waals surface area (Å²) in [5.41, 5.74) is 0. The fourth-order valence-electron chi connectivity index (χ4n) is 2.39. The van der Waals surface area contributed by atoms with Gasteiger partial charge >= 0.3 is 0 Å².